The summed E-state index contributed by atoms with van der Waals surface area (Å²) in [4.78, 5) is 4.49. The monoisotopic (exact) mass is 468 g/mol. The number of anilines is 1. The van der Waals surface area contributed by atoms with Gasteiger partial charge in [-0.1, -0.05) is 24.3 Å². The van der Waals surface area contributed by atoms with Crippen molar-refractivity contribution in [3.63, 3.8) is 0 Å². The van der Waals surface area contributed by atoms with Gasteiger partial charge in [0.05, 0.1) is 27.0 Å². The van der Waals surface area contributed by atoms with Crippen molar-refractivity contribution in [1.82, 2.24) is 14.8 Å². The van der Waals surface area contributed by atoms with Crippen LogP contribution in [0.15, 0.2) is 78.6 Å². The normalized spacial score (nSPS) is 17.9. The first kappa shape index (κ1) is 21.1. The van der Waals surface area contributed by atoms with E-state index >= 15 is 0 Å². The number of nitrogens with zero attached hydrogens (tertiary/aromatic N) is 3. The lowest BCUT2D eigenvalue weighted by molar-refractivity contribution is 0.222. The third-order valence-corrected chi connectivity index (χ3v) is 6.47. The maximum Gasteiger partial charge on any atom is 0.226 e. The van der Waals surface area contributed by atoms with Gasteiger partial charge in [0, 0.05) is 11.1 Å². The molecular weight excluding hydrogens is 444 g/mol. The first-order chi connectivity index (χ1) is 17.2. The number of benzene rings is 3. The summed E-state index contributed by atoms with van der Waals surface area (Å²) in [5.74, 6) is 3.75. The van der Waals surface area contributed by atoms with Crippen LogP contribution in [0.2, 0.25) is 0 Å². The van der Waals surface area contributed by atoms with Crippen LogP contribution >= 0.6 is 0 Å². The molecule has 35 heavy (non-hydrogen) atoms. The number of ether oxygens (including phenoxy) is 4. The van der Waals surface area contributed by atoms with Crippen LogP contribution in [0.25, 0.3) is 5.70 Å². The summed E-state index contributed by atoms with van der Waals surface area (Å²) in [7, 11) is 4.98. The van der Waals surface area contributed by atoms with E-state index in [4.69, 9.17) is 18.9 Å². The van der Waals surface area contributed by atoms with Crippen molar-refractivity contribution >= 4 is 11.6 Å². The average molecular weight is 469 g/mol. The van der Waals surface area contributed by atoms with Crippen LogP contribution in [0.1, 0.15) is 28.8 Å². The zero-order valence-corrected chi connectivity index (χ0v) is 19.6. The van der Waals surface area contributed by atoms with E-state index in [1.807, 2.05) is 59.3 Å². The Morgan fingerprint density at radius 1 is 0.800 bits per heavy atom. The van der Waals surface area contributed by atoms with Crippen molar-refractivity contribution < 1.29 is 18.9 Å². The molecule has 1 aromatic heterocycles. The first-order valence-electron chi connectivity index (χ1n) is 11.2. The minimum Gasteiger partial charge on any atom is -0.497 e. The molecule has 3 aromatic carbocycles. The number of rotatable bonds is 5. The molecule has 0 saturated carbocycles. The molecule has 6 rings (SSSR count). The van der Waals surface area contributed by atoms with E-state index < -0.39 is 0 Å². The molecule has 0 bridgehead atoms. The van der Waals surface area contributed by atoms with Crippen molar-refractivity contribution in [2.75, 3.05) is 26.6 Å². The van der Waals surface area contributed by atoms with Gasteiger partial charge in [-0.05, 0) is 53.6 Å². The molecule has 0 amide bonds. The second-order valence-electron chi connectivity index (χ2n) is 8.29. The van der Waals surface area contributed by atoms with E-state index in [1.54, 1.807) is 27.7 Å². The molecule has 0 spiro atoms. The fourth-order valence-corrected chi connectivity index (χ4v) is 4.74. The van der Waals surface area contributed by atoms with Crippen molar-refractivity contribution in [3.05, 3.63) is 95.3 Å². The molecule has 4 aromatic rings. The minimum atomic E-state index is -0.367. The van der Waals surface area contributed by atoms with Crippen LogP contribution in [0.3, 0.4) is 0 Å². The summed E-state index contributed by atoms with van der Waals surface area (Å²) in [6.07, 6.45) is 1.20. The average Bonchev–Trinajstić information content (AvgIpc) is 3.39. The molecule has 2 aliphatic rings. The van der Waals surface area contributed by atoms with Gasteiger partial charge in [-0.15, -0.1) is 0 Å². The summed E-state index contributed by atoms with van der Waals surface area (Å²) in [6.45, 7) is 0. The predicted octanol–water partition coefficient (Wildman–Crippen LogP) is 4.86. The van der Waals surface area contributed by atoms with Gasteiger partial charge in [0.2, 0.25) is 5.95 Å². The molecule has 0 unspecified atom stereocenters. The number of nitrogens with one attached hydrogen (secondary N) is 1. The summed E-state index contributed by atoms with van der Waals surface area (Å²) < 4.78 is 24.9. The zero-order chi connectivity index (χ0) is 23.9. The number of aromatic nitrogens is 3. The van der Waals surface area contributed by atoms with E-state index in [0.717, 1.165) is 51.0 Å². The second kappa shape index (κ2) is 8.39. The maximum absolute atomic E-state index is 6.67. The third-order valence-electron chi connectivity index (χ3n) is 6.47. The van der Waals surface area contributed by atoms with Crippen molar-refractivity contribution in [1.29, 1.82) is 0 Å². The van der Waals surface area contributed by atoms with Gasteiger partial charge in [0.15, 0.2) is 0 Å². The highest BCUT2D eigenvalue weighted by molar-refractivity contribution is 5.85. The fraction of sp³-hybridized carbons (Fsp3) is 0.185. The Bertz CT molecular complexity index is 1410. The highest BCUT2D eigenvalue weighted by Gasteiger charge is 2.41. The molecule has 0 saturated heterocycles. The van der Waals surface area contributed by atoms with Crippen molar-refractivity contribution in [2.45, 2.75) is 12.1 Å². The zero-order valence-electron chi connectivity index (χ0n) is 19.6. The molecule has 0 fully saturated rings. The maximum atomic E-state index is 6.67. The minimum absolute atomic E-state index is 0.249. The third kappa shape index (κ3) is 3.45. The van der Waals surface area contributed by atoms with Gasteiger partial charge < -0.3 is 24.3 Å². The van der Waals surface area contributed by atoms with E-state index in [0.29, 0.717) is 5.95 Å². The summed E-state index contributed by atoms with van der Waals surface area (Å²) in [5, 5.41) is 8.09. The van der Waals surface area contributed by atoms with E-state index in [1.165, 1.54) is 0 Å². The molecule has 3 heterocycles. The molecular formula is C27H24N4O4. The number of hydrogen-bond donors (Lipinski definition) is 1. The molecule has 8 heteroatoms. The topological polar surface area (TPSA) is 79.7 Å². The summed E-state index contributed by atoms with van der Waals surface area (Å²) >= 11 is 0. The van der Waals surface area contributed by atoms with Crippen LogP contribution < -0.4 is 24.3 Å². The summed E-state index contributed by atoms with van der Waals surface area (Å²) in [6, 6.07) is 21.6. The van der Waals surface area contributed by atoms with Gasteiger partial charge in [-0.25, -0.2) is 4.68 Å². The lowest BCUT2D eigenvalue weighted by atomic mass is 9.84. The number of methoxy groups -OCH3 is 3. The number of hydrogen-bond acceptors (Lipinski definition) is 7. The standard InChI is InChI=1S/C27H24N4O4/c1-32-18-8-4-16(5-9-18)25-23-24(30-27-28-15-29-31(25)27)21-14-20(34-3)12-13-22(21)35-26(23)17-6-10-19(33-2)11-7-17/h4-15,25-26H,1-3H3,(H,28,29,30)/t25-,26+/m1/s1. The van der Waals surface area contributed by atoms with Crippen LogP contribution in [0.5, 0.6) is 23.0 Å². The van der Waals surface area contributed by atoms with Gasteiger partial charge in [0.25, 0.3) is 0 Å². The van der Waals surface area contributed by atoms with Crippen LogP contribution in [-0.2, 0) is 0 Å². The lowest BCUT2D eigenvalue weighted by Crippen LogP contribution is -2.32. The van der Waals surface area contributed by atoms with Gasteiger partial charge in [-0.2, -0.15) is 10.1 Å². The molecule has 1 N–H and O–H groups in total. The van der Waals surface area contributed by atoms with Crippen LogP contribution in [-0.4, -0.2) is 36.1 Å². The Labute approximate surface area is 202 Å². The van der Waals surface area contributed by atoms with Gasteiger partial charge >= 0.3 is 0 Å². The highest BCUT2D eigenvalue weighted by atomic mass is 16.5. The highest BCUT2D eigenvalue weighted by Crippen LogP contribution is 2.51. The van der Waals surface area contributed by atoms with E-state index in [2.05, 4.69) is 27.5 Å². The second-order valence-corrected chi connectivity index (χ2v) is 8.29. The Balaban J connectivity index is 1.59. The van der Waals surface area contributed by atoms with Crippen LogP contribution in [0.4, 0.5) is 5.95 Å². The molecule has 8 nitrogen and oxygen atoms in total. The van der Waals surface area contributed by atoms with Crippen molar-refractivity contribution in [2.24, 2.45) is 0 Å². The van der Waals surface area contributed by atoms with Gasteiger partial charge in [0.1, 0.15) is 41.5 Å². The van der Waals surface area contributed by atoms with Crippen molar-refractivity contribution in [3.8, 4) is 23.0 Å². The summed E-state index contributed by atoms with van der Waals surface area (Å²) in [5.41, 5.74) is 4.92. The van der Waals surface area contributed by atoms with Crippen LogP contribution in [0, 0.1) is 0 Å². The van der Waals surface area contributed by atoms with E-state index in [-0.39, 0.29) is 12.1 Å². The Morgan fingerprint density at radius 3 is 2.09 bits per heavy atom. The molecule has 0 radical (unpaired) electrons. The largest absolute Gasteiger partial charge is 0.497 e. The quantitative estimate of drug-likeness (QED) is 0.448. The molecule has 2 aliphatic heterocycles. The Morgan fingerprint density at radius 2 is 1.43 bits per heavy atom. The molecule has 0 aliphatic carbocycles. The molecule has 176 valence electrons. The Kier molecular flexibility index (Phi) is 5.06. The van der Waals surface area contributed by atoms with Gasteiger partial charge in [-0.3, -0.25) is 0 Å². The fourth-order valence-electron chi connectivity index (χ4n) is 4.74. The number of fused-ring (bicyclic) bond motifs is 3. The SMILES string of the molecule is COc1ccc([C@@H]2Oc3ccc(OC)cc3C3=C2[C@@H](c2ccc(OC)cc2)n2ncnc2N3)cc1. The molecule has 2 atom stereocenters. The Hall–Kier alpha value is -4.46. The first-order valence-corrected chi connectivity index (χ1v) is 11.2. The smallest absolute Gasteiger partial charge is 0.226 e. The van der Waals surface area contributed by atoms with E-state index in [9.17, 15) is 0 Å². The lowest BCUT2D eigenvalue weighted by Gasteiger charge is -2.39. The predicted molar refractivity (Wildman–Crippen MR) is 131 cm³/mol.